The Morgan fingerprint density at radius 3 is 2.84 bits per heavy atom. The van der Waals surface area contributed by atoms with Gasteiger partial charge >= 0.3 is 0 Å². The predicted molar refractivity (Wildman–Crippen MR) is 76.2 cm³/mol. The molecule has 1 aromatic carbocycles. The molecule has 4 nitrogen and oxygen atoms in total. The average molecular weight is 262 g/mol. The quantitative estimate of drug-likeness (QED) is 0.848. The van der Waals surface area contributed by atoms with Gasteiger partial charge in [-0.3, -0.25) is 4.79 Å². The molecule has 1 aliphatic heterocycles. The lowest BCUT2D eigenvalue weighted by atomic mass is 9.97. The predicted octanol–water partition coefficient (Wildman–Crippen LogP) is 1.46. The van der Waals surface area contributed by atoms with Gasteiger partial charge in [0.2, 0.25) is 5.91 Å². The summed E-state index contributed by atoms with van der Waals surface area (Å²) in [6.45, 7) is 6.70. The maximum absolute atomic E-state index is 12.6. The van der Waals surface area contributed by atoms with Crippen molar-refractivity contribution >= 4 is 11.6 Å². The minimum absolute atomic E-state index is 0.0596. The number of carbonyl (C=O) groups excluding carboxylic acids is 1. The molecule has 0 radical (unpaired) electrons. The van der Waals surface area contributed by atoms with Crippen molar-refractivity contribution in [1.29, 1.82) is 0 Å². The molecular formula is C15H22N2O2. The Labute approximate surface area is 114 Å². The van der Waals surface area contributed by atoms with Crippen LogP contribution in [0.4, 0.5) is 5.69 Å². The van der Waals surface area contributed by atoms with Gasteiger partial charge in [0.25, 0.3) is 0 Å². The van der Waals surface area contributed by atoms with E-state index in [1.807, 2.05) is 36.1 Å². The Balaban J connectivity index is 2.44. The largest absolute Gasteiger partial charge is 0.394 e. The lowest BCUT2D eigenvalue weighted by Gasteiger charge is -2.38. The zero-order valence-electron chi connectivity index (χ0n) is 11.8. The van der Waals surface area contributed by atoms with Crippen LogP contribution in [0.2, 0.25) is 0 Å². The Morgan fingerprint density at radius 1 is 1.47 bits per heavy atom. The summed E-state index contributed by atoms with van der Waals surface area (Å²) in [5.74, 6) is -0.0596. The third-order valence-electron chi connectivity index (χ3n) is 3.69. The molecule has 2 N–H and O–H groups in total. The topological polar surface area (TPSA) is 52.6 Å². The Morgan fingerprint density at radius 2 is 2.21 bits per heavy atom. The van der Waals surface area contributed by atoms with Gasteiger partial charge in [-0.15, -0.1) is 0 Å². The first kappa shape index (κ1) is 14.0. The smallest absolute Gasteiger partial charge is 0.246 e. The summed E-state index contributed by atoms with van der Waals surface area (Å²) in [5.41, 5.74) is 1.76. The molecule has 1 unspecified atom stereocenters. The van der Waals surface area contributed by atoms with Gasteiger partial charge < -0.3 is 15.3 Å². The molecule has 2 rings (SSSR count). The monoisotopic (exact) mass is 262 g/mol. The van der Waals surface area contributed by atoms with Crippen molar-refractivity contribution in [2.24, 2.45) is 0 Å². The minimum atomic E-state index is -0.512. The number of aliphatic hydroxyl groups is 1. The molecule has 1 saturated heterocycles. The third-order valence-corrected chi connectivity index (χ3v) is 3.69. The van der Waals surface area contributed by atoms with Crippen LogP contribution < -0.4 is 10.2 Å². The fourth-order valence-electron chi connectivity index (χ4n) is 2.59. The lowest BCUT2D eigenvalue weighted by molar-refractivity contribution is -0.121. The van der Waals surface area contributed by atoms with Crippen LogP contribution >= 0.6 is 0 Å². The molecular weight excluding hydrogens is 240 g/mol. The van der Waals surface area contributed by atoms with E-state index in [1.165, 1.54) is 0 Å². The molecule has 1 heterocycles. The standard InChI is InChI=1S/C15H22N2O2/c1-11-5-4-6-12(9-11)17-14(19)13(10-18)16-8-7-15(17,2)3/h4-6,9,13,16,18H,7-8,10H2,1-3H3. The molecule has 1 aromatic rings. The van der Waals surface area contributed by atoms with Gasteiger partial charge in [-0.05, 0) is 51.4 Å². The fraction of sp³-hybridized carbons (Fsp3) is 0.533. The first-order valence-corrected chi connectivity index (χ1v) is 6.71. The maximum Gasteiger partial charge on any atom is 0.246 e. The van der Waals surface area contributed by atoms with Crippen molar-refractivity contribution in [3.05, 3.63) is 29.8 Å². The van der Waals surface area contributed by atoms with Crippen LogP contribution in [-0.2, 0) is 4.79 Å². The normalized spacial score (nSPS) is 23.3. The van der Waals surface area contributed by atoms with Gasteiger partial charge in [0.15, 0.2) is 0 Å². The number of amides is 1. The number of hydrogen-bond donors (Lipinski definition) is 2. The summed E-state index contributed by atoms with van der Waals surface area (Å²) in [4.78, 5) is 14.4. The van der Waals surface area contributed by atoms with Crippen molar-refractivity contribution in [1.82, 2.24) is 5.32 Å². The summed E-state index contributed by atoms with van der Waals surface area (Å²) >= 11 is 0. The highest BCUT2D eigenvalue weighted by molar-refractivity contribution is 5.98. The maximum atomic E-state index is 12.6. The minimum Gasteiger partial charge on any atom is -0.394 e. The number of benzene rings is 1. The van der Waals surface area contributed by atoms with Crippen LogP contribution in [0.1, 0.15) is 25.8 Å². The number of carbonyl (C=O) groups is 1. The van der Waals surface area contributed by atoms with Crippen molar-refractivity contribution in [3.63, 3.8) is 0 Å². The first-order valence-electron chi connectivity index (χ1n) is 6.71. The van der Waals surface area contributed by atoms with Gasteiger partial charge in [-0.2, -0.15) is 0 Å². The molecule has 1 atom stereocenters. The molecule has 0 aliphatic carbocycles. The third kappa shape index (κ3) is 2.80. The van der Waals surface area contributed by atoms with E-state index in [2.05, 4.69) is 19.2 Å². The number of hydrogen-bond acceptors (Lipinski definition) is 3. The summed E-state index contributed by atoms with van der Waals surface area (Å²) in [6, 6.07) is 7.43. The van der Waals surface area contributed by atoms with Crippen LogP contribution in [0.5, 0.6) is 0 Å². The van der Waals surface area contributed by atoms with Crippen molar-refractivity contribution in [3.8, 4) is 0 Å². The second kappa shape index (κ2) is 5.31. The molecule has 0 aromatic heterocycles. The molecule has 0 saturated carbocycles. The number of anilines is 1. The van der Waals surface area contributed by atoms with Crippen molar-refractivity contribution < 1.29 is 9.90 Å². The van der Waals surface area contributed by atoms with E-state index in [0.717, 1.165) is 24.2 Å². The number of aryl methyl sites for hydroxylation is 1. The first-order chi connectivity index (χ1) is 8.95. The van der Waals surface area contributed by atoms with Gasteiger partial charge in [0, 0.05) is 11.2 Å². The average Bonchev–Trinajstić information content (AvgIpc) is 2.44. The van der Waals surface area contributed by atoms with E-state index in [0.29, 0.717) is 0 Å². The Bertz CT molecular complexity index is 471. The Hall–Kier alpha value is -1.39. The molecule has 0 bridgehead atoms. The van der Waals surface area contributed by atoms with E-state index in [1.54, 1.807) is 0 Å². The van der Waals surface area contributed by atoms with Gasteiger partial charge in [-0.25, -0.2) is 0 Å². The van der Waals surface area contributed by atoms with Crippen LogP contribution in [-0.4, -0.2) is 35.7 Å². The number of aliphatic hydroxyl groups excluding tert-OH is 1. The van der Waals surface area contributed by atoms with Crippen LogP contribution in [0.15, 0.2) is 24.3 Å². The summed E-state index contributed by atoms with van der Waals surface area (Å²) in [7, 11) is 0. The zero-order chi connectivity index (χ0) is 14.0. The SMILES string of the molecule is Cc1cccc(N2C(=O)C(CO)NCCC2(C)C)c1. The lowest BCUT2D eigenvalue weighted by Crippen LogP contribution is -2.52. The van der Waals surface area contributed by atoms with Crippen molar-refractivity contribution in [2.75, 3.05) is 18.1 Å². The zero-order valence-corrected chi connectivity index (χ0v) is 11.8. The van der Waals surface area contributed by atoms with Gasteiger partial charge in [0.05, 0.1) is 6.61 Å². The molecule has 19 heavy (non-hydrogen) atoms. The summed E-state index contributed by atoms with van der Waals surface area (Å²) in [5, 5.41) is 12.5. The number of nitrogens with one attached hydrogen (secondary N) is 1. The van der Waals surface area contributed by atoms with E-state index < -0.39 is 6.04 Å². The van der Waals surface area contributed by atoms with E-state index >= 15 is 0 Å². The summed E-state index contributed by atoms with van der Waals surface area (Å²) in [6.07, 6.45) is 0.850. The number of nitrogens with zero attached hydrogens (tertiary/aromatic N) is 1. The highest BCUT2D eigenvalue weighted by Crippen LogP contribution is 2.29. The van der Waals surface area contributed by atoms with Crippen molar-refractivity contribution in [2.45, 2.75) is 38.8 Å². The highest BCUT2D eigenvalue weighted by Gasteiger charge is 2.38. The van der Waals surface area contributed by atoms with E-state index in [4.69, 9.17) is 0 Å². The molecule has 4 heteroatoms. The van der Waals surface area contributed by atoms with Crippen LogP contribution in [0.25, 0.3) is 0 Å². The van der Waals surface area contributed by atoms with E-state index in [-0.39, 0.29) is 18.1 Å². The molecule has 1 aliphatic rings. The van der Waals surface area contributed by atoms with Crippen LogP contribution in [0.3, 0.4) is 0 Å². The molecule has 1 fully saturated rings. The number of rotatable bonds is 2. The van der Waals surface area contributed by atoms with Gasteiger partial charge in [-0.1, -0.05) is 12.1 Å². The van der Waals surface area contributed by atoms with E-state index in [9.17, 15) is 9.90 Å². The summed E-state index contributed by atoms with van der Waals surface area (Å²) < 4.78 is 0. The Kier molecular flexibility index (Phi) is 3.92. The van der Waals surface area contributed by atoms with Gasteiger partial charge in [0.1, 0.15) is 6.04 Å². The second-order valence-corrected chi connectivity index (χ2v) is 5.76. The second-order valence-electron chi connectivity index (χ2n) is 5.76. The molecule has 0 spiro atoms. The fourth-order valence-corrected chi connectivity index (χ4v) is 2.59. The highest BCUT2D eigenvalue weighted by atomic mass is 16.3. The van der Waals surface area contributed by atoms with Crippen LogP contribution in [0, 0.1) is 6.92 Å². The molecule has 1 amide bonds. The molecule has 104 valence electrons.